The van der Waals surface area contributed by atoms with Gasteiger partial charge in [-0.3, -0.25) is 0 Å². The fourth-order valence-electron chi connectivity index (χ4n) is 3.75. The fourth-order valence-corrected chi connectivity index (χ4v) is 3.75. The maximum Gasteiger partial charge on any atom is 0.0672 e. The summed E-state index contributed by atoms with van der Waals surface area (Å²) in [6, 6.07) is 3.65. The van der Waals surface area contributed by atoms with Crippen molar-refractivity contribution in [2.75, 3.05) is 0 Å². The van der Waals surface area contributed by atoms with E-state index in [9.17, 15) is 5.26 Å². The monoisotopic (exact) mass is 248 g/mol. The summed E-state index contributed by atoms with van der Waals surface area (Å²) < 4.78 is 0. The lowest BCUT2D eigenvalue weighted by molar-refractivity contribution is 0.181. The second-order valence-corrected chi connectivity index (χ2v) is 6.52. The van der Waals surface area contributed by atoms with Crippen molar-refractivity contribution in [1.82, 2.24) is 5.32 Å². The van der Waals surface area contributed by atoms with Crippen molar-refractivity contribution >= 4 is 0 Å². The first kappa shape index (κ1) is 13.9. The second kappa shape index (κ2) is 6.57. The quantitative estimate of drug-likeness (QED) is 0.753. The molecule has 2 rings (SSSR count). The van der Waals surface area contributed by atoms with Gasteiger partial charge in [0.2, 0.25) is 0 Å². The summed E-state index contributed by atoms with van der Waals surface area (Å²) in [6.45, 7) is 4.77. The first-order chi connectivity index (χ1) is 8.72. The predicted molar refractivity (Wildman–Crippen MR) is 75.1 cm³/mol. The van der Waals surface area contributed by atoms with Crippen LogP contribution in [0.1, 0.15) is 65.2 Å². The van der Waals surface area contributed by atoms with Crippen LogP contribution in [0, 0.1) is 29.1 Å². The first-order valence-corrected chi connectivity index (χ1v) is 7.88. The Morgan fingerprint density at radius 2 is 1.61 bits per heavy atom. The zero-order chi connectivity index (χ0) is 13.0. The summed E-state index contributed by atoms with van der Waals surface area (Å²) in [6.07, 6.45) is 10.2. The molecule has 102 valence electrons. The van der Waals surface area contributed by atoms with Gasteiger partial charge in [0.05, 0.1) is 12.0 Å². The maximum absolute atomic E-state index is 9.34. The summed E-state index contributed by atoms with van der Waals surface area (Å²) in [7, 11) is 0. The molecule has 0 radical (unpaired) electrons. The largest absolute Gasteiger partial charge is 0.310 e. The van der Waals surface area contributed by atoms with E-state index in [2.05, 4.69) is 25.2 Å². The highest BCUT2D eigenvalue weighted by Crippen LogP contribution is 2.31. The third-order valence-electron chi connectivity index (χ3n) is 5.32. The molecular formula is C16H28N2. The molecule has 2 nitrogen and oxygen atoms in total. The molecule has 0 aromatic carbocycles. The molecule has 2 aliphatic carbocycles. The molecule has 0 aliphatic heterocycles. The van der Waals surface area contributed by atoms with Crippen LogP contribution < -0.4 is 5.32 Å². The lowest BCUT2D eigenvalue weighted by Gasteiger charge is -2.38. The van der Waals surface area contributed by atoms with E-state index < -0.39 is 0 Å². The number of rotatable bonds is 2. The zero-order valence-electron chi connectivity index (χ0n) is 12.0. The Balaban J connectivity index is 1.95. The Hall–Kier alpha value is -0.550. The number of nitrogens with one attached hydrogen (secondary N) is 1. The molecule has 5 unspecified atom stereocenters. The molecule has 0 aromatic heterocycles. The van der Waals surface area contributed by atoms with Crippen molar-refractivity contribution < 1.29 is 0 Å². The third-order valence-corrected chi connectivity index (χ3v) is 5.32. The number of nitrogens with zero attached hydrogens (tertiary/aromatic N) is 1. The summed E-state index contributed by atoms with van der Waals surface area (Å²) in [5.41, 5.74) is 0. The zero-order valence-corrected chi connectivity index (χ0v) is 12.0. The van der Waals surface area contributed by atoms with Gasteiger partial charge in [0, 0.05) is 12.1 Å². The molecule has 0 saturated heterocycles. The lowest BCUT2D eigenvalue weighted by Crippen LogP contribution is -2.48. The van der Waals surface area contributed by atoms with Gasteiger partial charge >= 0.3 is 0 Å². The molecule has 1 N–H and O–H groups in total. The Morgan fingerprint density at radius 3 is 2.39 bits per heavy atom. The van der Waals surface area contributed by atoms with Crippen LogP contribution in [0.5, 0.6) is 0 Å². The Bertz CT molecular complexity index is 294. The first-order valence-electron chi connectivity index (χ1n) is 7.88. The van der Waals surface area contributed by atoms with Gasteiger partial charge in [-0.25, -0.2) is 0 Å². The van der Waals surface area contributed by atoms with Crippen molar-refractivity contribution in [3.05, 3.63) is 0 Å². The molecular weight excluding hydrogens is 220 g/mol. The van der Waals surface area contributed by atoms with Crippen LogP contribution in [0.2, 0.25) is 0 Å². The summed E-state index contributed by atoms with van der Waals surface area (Å²) in [5.74, 6) is 1.85. The molecule has 2 fully saturated rings. The Labute approximate surface area is 112 Å². The van der Waals surface area contributed by atoms with Crippen LogP contribution >= 0.6 is 0 Å². The smallest absolute Gasteiger partial charge is 0.0672 e. The maximum atomic E-state index is 9.34. The van der Waals surface area contributed by atoms with E-state index in [1.165, 1.54) is 44.9 Å². The highest BCUT2D eigenvalue weighted by molar-refractivity contribution is 4.96. The fraction of sp³-hybridized carbons (Fsp3) is 0.938. The summed E-state index contributed by atoms with van der Waals surface area (Å²) in [4.78, 5) is 0. The van der Waals surface area contributed by atoms with Crippen molar-refractivity contribution in [3.8, 4) is 6.07 Å². The highest BCUT2D eigenvalue weighted by atomic mass is 15.0. The van der Waals surface area contributed by atoms with Gasteiger partial charge in [0.1, 0.15) is 0 Å². The molecule has 2 saturated carbocycles. The predicted octanol–water partition coefficient (Wildman–Crippen LogP) is 3.87. The molecule has 0 spiro atoms. The number of hydrogen-bond donors (Lipinski definition) is 1. The van der Waals surface area contributed by atoms with Crippen LogP contribution in [0.25, 0.3) is 0 Å². The van der Waals surface area contributed by atoms with Crippen LogP contribution in [-0.4, -0.2) is 12.1 Å². The second-order valence-electron chi connectivity index (χ2n) is 6.52. The van der Waals surface area contributed by atoms with Gasteiger partial charge in [-0.1, -0.05) is 46.0 Å². The number of nitriles is 1. The molecule has 2 heteroatoms. The average molecular weight is 248 g/mol. The van der Waals surface area contributed by atoms with Gasteiger partial charge in [-0.05, 0) is 31.1 Å². The van der Waals surface area contributed by atoms with E-state index in [0.29, 0.717) is 12.1 Å². The van der Waals surface area contributed by atoms with Crippen molar-refractivity contribution in [2.24, 2.45) is 17.8 Å². The SMILES string of the molecule is CC1CCCC(NC2CCCCCC2C#N)C1C. The third kappa shape index (κ3) is 3.26. The van der Waals surface area contributed by atoms with Crippen molar-refractivity contribution in [1.29, 1.82) is 5.26 Å². The number of hydrogen-bond acceptors (Lipinski definition) is 2. The minimum absolute atomic E-state index is 0.247. The minimum atomic E-state index is 0.247. The average Bonchev–Trinajstić information content (AvgIpc) is 2.60. The van der Waals surface area contributed by atoms with Crippen LogP contribution in [-0.2, 0) is 0 Å². The Morgan fingerprint density at radius 1 is 0.889 bits per heavy atom. The molecule has 0 heterocycles. The topological polar surface area (TPSA) is 35.8 Å². The van der Waals surface area contributed by atoms with Crippen molar-refractivity contribution in [2.45, 2.75) is 77.3 Å². The summed E-state index contributed by atoms with van der Waals surface area (Å²) in [5, 5.41) is 13.2. The Kier molecular flexibility index (Phi) is 5.06. The van der Waals surface area contributed by atoms with E-state index >= 15 is 0 Å². The van der Waals surface area contributed by atoms with Crippen molar-refractivity contribution in [3.63, 3.8) is 0 Å². The van der Waals surface area contributed by atoms with E-state index in [1.54, 1.807) is 0 Å². The summed E-state index contributed by atoms with van der Waals surface area (Å²) >= 11 is 0. The normalized spacial score (nSPS) is 41.9. The molecule has 18 heavy (non-hydrogen) atoms. The molecule has 5 atom stereocenters. The van der Waals surface area contributed by atoms with Crippen LogP contribution in [0.15, 0.2) is 0 Å². The van der Waals surface area contributed by atoms with E-state index in [-0.39, 0.29) is 5.92 Å². The lowest BCUT2D eigenvalue weighted by atomic mass is 9.77. The highest BCUT2D eigenvalue weighted by Gasteiger charge is 2.31. The molecule has 2 aliphatic rings. The van der Waals surface area contributed by atoms with E-state index in [4.69, 9.17) is 0 Å². The van der Waals surface area contributed by atoms with E-state index in [0.717, 1.165) is 18.3 Å². The molecule has 0 bridgehead atoms. The minimum Gasteiger partial charge on any atom is -0.310 e. The standard InChI is InChI=1S/C16H28N2/c1-12-7-6-10-15(13(12)2)18-16-9-5-3-4-8-14(16)11-17/h12-16,18H,3-10H2,1-2H3. The van der Waals surface area contributed by atoms with Crippen LogP contribution in [0.4, 0.5) is 0 Å². The van der Waals surface area contributed by atoms with Gasteiger partial charge in [-0.2, -0.15) is 5.26 Å². The van der Waals surface area contributed by atoms with Gasteiger partial charge in [0.15, 0.2) is 0 Å². The van der Waals surface area contributed by atoms with Gasteiger partial charge in [-0.15, -0.1) is 0 Å². The van der Waals surface area contributed by atoms with Crippen LogP contribution in [0.3, 0.4) is 0 Å². The molecule has 0 amide bonds. The molecule has 0 aromatic rings. The van der Waals surface area contributed by atoms with Gasteiger partial charge in [0.25, 0.3) is 0 Å². The van der Waals surface area contributed by atoms with E-state index in [1.807, 2.05) is 0 Å². The van der Waals surface area contributed by atoms with Gasteiger partial charge < -0.3 is 5.32 Å².